The summed E-state index contributed by atoms with van der Waals surface area (Å²) < 4.78 is 0. The third kappa shape index (κ3) is 3.27. The number of hydrogen-bond acceptors (Lipinski definition) is 2. The van der Waals surface area contributed by atoms with Crippen LogP contribution in [-0.2, 0) is 0 Å². The van der Waals surface area contributed by atoms with Gasteiger partial charge in [0.1, 0.15) is 0 Å². The van der Waals surface area contributed by atoms with E-state index in [-0.39, 0.29) is 0 Å². The van der Waals surface area contributed by atoms with Crippen molar-refractivity contribution in [3.8, 4) is 0 Å². The molecule has 1 aliphatic heterocycles. The minimum Gasteiger partial charge on any atom is -0.314 e. The average molecular weight is 250 g/mol. The minimum absolute atomic E-state index is 0.733. The van der Waals surface area contributed by atoms with Crippen molar-refractivity contribution in [3.05, 3.63) is 0 Å². The first kappa shape index (κ1) is 12.9. The summed E-state index contributed by atoms with van der Waals surface area (Å²) in [5, 5.41) is 3.90. The summed E-state index contributed by atoms with van der Waals surface area (Å²) in [6.45, 7) is 8.56. The van der Waals surface area contributed by atoms with E-state index in [9.17, 15) is 0 Å². The van der Waals surface area contributed by atoms with Crippen LogP contribution in [0.2, 0.25) is 0 Å². The zero-order valence-electron chi connectivity index (χ0n) is 12.2. The first-order chi connectivity index (χ1) is 8.74. The molecule has 2 heteroatoms. The Morgan fingerprint density at radius 2 is 1.50 bits per heavy atom. The number of piperidine rings is 1. The minimum atomic E-state index is 0.733. The Bertz CT molecular complexity index is 248. The standard InChI is InChI=1S/C16H30N2/c1-12(2)18-9-7-15(8-10-18)17-11-16(13-3-4-13)14-5-6-14/h12-17H,3-11H2,1-2H3. The van der Waals surface area contributed by atoms with Gasteiger partial charge in [0.25, 0.3) is 0 Å². The van der Waals surface area contributed by atoms with Crippen molar-refractivity contribution in [2.75, 3.05) is 19.6 Å². The Morgan fingerprint density at radius 3 is 1.94 bits per heavy atom. The maximum absolute atomic E-state index is 3.90. The van der Waals surface area contributed by atoms with Gasteiger partial charge in [-0.2, -0.15) is 0 Å². The molecule has 0 aromatic rings. The van der Waals surface area contributed by atoms with Crippen molar-refractivity contribution in [3.63, 3.8) is 0 Å². The predicted molar refractivity (Wildman–Crippen MR) is 76.7 cm³/mol. The Morgan fingerprint density at radius 1 is 0.944 bits per heavy atom. The Balaban J connectivity index is 1.38. The molecule has 2 saturated carbocycles. The van der Waals surface area contributed by atoms with E-state index in [4.69, 9.17) is 0 Å². The van der Waals surface area contributed by atoms with Crippen molar-refractivity contribution in [1.82, 2.24) is 10.2 Å². The van der Waals surface area contributed by atoms with Crippen LogP contribution in [0, 0.1) is 17.8 Å². The summed E-state index contributed by atoms with van der Waals surface area (Å²) in [5.74, 6) is 3.23. The lowest BCUT2D eigenvalue weighted by atomic mass is 9.96. The molecule has 1 saturated heterocycles. The third-order valence-electron chi connectivity index (χ3n) is 5.36. The molecule has 0 unspecified atom stereocenters. The molecule has 18 heavy (non-hydrogen) atoms. The fourth-order valence-corrected chi connectivity index (χ4v) is 3.69. The smallest absolute Gasteiger partial charge is 0.00915 e. The van der Waals surface area contributed by atoms with E-state index < -0.39 is 0 Å². The lowest BCUT2D eigenvalue weighted by Gasteiger charge is -2.35. The normalized spacial score (nSPS) is 27.3. The topological polar surface area (TPSA) is 15.3 Å². The van der Waals surface area contributed by atoms with E-state index in [1.165, 1.54) is 58.2 Å². The second-order valence-electron chi connectivity index (χ2n) is 7.15. The van der Waals surface area contributed by atoms with Gasteiger partial charge in [0.05, 0.1) is 0 Å². The summed E-state index contributed by atoms with van der Waals surface area (Å²) in [5.41, 5.74) is 0. The Hall–Kier alpha value is -0.0800. The van der Waals surface area contributed by atoms with Gasteiger partial charge in [0, 0.05) is 12.1 Å². The molecule has 3 fully saturated rings. The second-order valence-corrected chi connectivity index (χ2v) is 7.15. The molecule has 0 amide bonds. The van der Waals surface area contributed by atoms with Crippen molar-refractivity contribution in [1.29, 1.82) is 0 Å². The third-order valence-corrected chi connectivity index (χ3v) is 5.36. The fourth-order valence-electron chi connectivity index (χ4n) is 3.69. The van der Waals surface area contributed by atoms with Crippen LogP contribution in [-0.4, -0.2) is 36.6 Å². The van der Waals surface area contributed by atoms with Crippen LogP contribution in [0.5, 0.6) is 0 Å². The van der Waals surface area contributed by atoms with E-state index >= 15 is 0 Å². The van der Waals surface area contributed by atoms with Gasteiger partial charge >= 0.3 is 0 Å². The van der Waals surface area contributed by atoms with Gasteiger partial charge in [-0.05, 0) is 89.8 Å². The molecule has 1 N–H and O–H groups in total. The van der Waals surface area contributed by atoms with Crippen LogP contribution in [0.3, 0.4) is 0 Å². The number of rotatable bonds is 6. The molecule has 2 nitrogen and oxygen atoms in total. The fraction of sp³-hybridized carbons (Fsp3) is 1.00. The second kappa shape index (κ2) is 5.50. The SMILES string of the molecule is CC(C)N1CCC(NCC(C2CC2)C2CC2)CC1. The molecule has 104 valence electrons. The van der Waals surface area contributed by atoms with Crippen LogP contribution >= 0.6 is 0 Å². The molecule has 3 aliphatic rings. The number of hydrogen-bond donors (Lipinski definition) is 1. The van der Waals surface area contributed by atoms with E-state index in [0.717, 1.165) is 29.8 Å². The van der Waals surface area contributed by atoms with Gasteiger partial charge in [-0.1, -0.05) is 0 Å². The highest BCUT2D eigenvalue weighted by Crippen LogP contribution is 2.48. The first-order valence-electron chi connectivity index (χ1n) is 8.21. The summed E-state index contributed by atoms with van der Waals surface area (Å²) in [4.78, 5) is 2.62. The van der Waals surface area contributed by atoms with Gasteiger partial charge in [0.2, 0.25) is 0 Å². The maximum atomic E-state index is 3.90. The number of nitrogens with zero attached hydrogens (tertiary/aromatic N) is 1. The summed E-state index contributed by atoms with van der Waals surface area (Å²) in [7, 11) is 0. The molecule has 0 atom stereocenters. The summed E-state index contributed by atoms with van der Waals surface area (Å²) in [6, 6.07) is 1.54. The monoisotopic (exact) mass is 250 g/mol. The molecule has 0 bridgehead atoms. The molecule has 0 radical (unpaired) electrons. The number of nitrogens with one attached hydrogen (secondary N) is 1. The van der Waals surface area contributed by atoms with Gasteiger partial charge in [-0.25, -0.2) is 0 Å². The predicted octanol–water partition coefficient (Wildman–Crippen LogP) is 2.89. The average Bonchev–Trinajstić information content (AvgIpc) is 3.24. The van der Waals surface area contributed by atoms with E-state index in [0.29, 0.717) is 0 Å². The van der Waals surface area contributed by atoms with Crippen molar-refractivity contribution in [2.24, 2.45) is 17.8 Å². The highest BCUT2D eigenvalue weighted by atomic mass is 15.2. The highest BCUT2D eigenvalue weighted by Gasteiger charge is 2.41. The van der Waals surface area contributed by atoms with Gasteiger partial charge in [0.15, 0.2) is 0 Å². The molecule has 2 aliphatic carbocycles. The molecule has 0 aromatic carbocycles. The van der Waals surface area contributed by atoms with Crippen LogP contribution in [0.4, 0.5) is 0 Å². The highest BCUT2D eigenvalue weighted by molar-refractivity contribution is 4.93. The Labute approximate surface area is 113 Å². The molecule has 3 rings (SSSR count). The van der Waals surface area contributed by atoms with E-state index in [1.807, 2.05) is 0 Å². The Kier molecular flexibility index (Phi) is 3.95. The van der Waals surface area contributed by atoms with Crippen LogP contribution in [0.15, 0.2) is 0 Å². The molecule has 1 heterocycles. The lowest BCUT2D eigenvalue weighted by molar-refractivity contribution is 0.157. The molecular weight excluding hydrogens is 220 g/mol. The molecule has 0 aromatic heterocycles. The van der Waals surface area contributed by atoms with Crippen molar-refractivity contribution < 1.29 is 0 Å². The van der Waals surface area contributed by atoms with Gasteiger partial charge < -0.3 is 10.2 Å². The lowest BCUT2D eigenvalue weighted by Crippen LogP contribution is -2.46. The van der Waals surface area contributed by atoms with Crippen LogP contribution in [0.1, 0.15) is 52.4 Å². The van der Waals surface area contributed by atoms with E-state index in [1.54, 1.807) is 0 Å². The van der Waals surface area contributed by atoms with Crippen LogP contribution in [0.25, 0.3) is 0 Å². The van der Waals surface area contributed by atoms with Crippen LogP contribution < -0.4 is 5.32 Å². The van der Waals surface area contributed by atoms with Gasteiger partial charge in [-0.3, -0.25) is 0 Å². The zero-order chi connectivity index (χ0) is 12.5. The molecular formula is C16H30N2. The van der Waals surface area contributed by atoms with Crippen molar-refractivity contribution >= 4 is 0 Å². The zero-order valence-corrected chi connectivity index (χ0v) is 12.2. The maximum Gasteiger partial charge on any atom is 0.00915 e. The summed E-state index contributed by atoms with van der Waals surface area (Å²) in [6.07, 6.45) is 8.81. The first-order valence-corrected chi connectivity index (χ1v) is 8.21. The van der Waals surface area contributed by atoms with Gasteiger partial charge in [-0.15, -0.1) is 0 Å². The molecule has 0 spiro atoms. The largest absolute Gasteiger partial charge is 0.314 e. The summed E-state index contributed by atoms with van der Waals surface area (Å²) >= 11 is 0. The quantitative estimate of drug-likeness (QED) is 0.780. The van der Waals surface area contributed by atoms with Crippen molar-refractivity contribution in [2.45, 2.75) is 64.5 Å². The van der Waals surface area contributed by atoms with E-state index in [2.05, 4.69) is 24.1 Å². The number of likely N-dealkylation sites (tertiary alicyclic amines) is 1.